The number of Topliss-reactive ketones (excluding diaryl/α,β-unsaturated/α-hetero) is 1. The third kappa shape index (κ3) is 19.9. The van der Waals surface area contributed by atoms with Gasteiger partial charge in [0.25, 0.3) is 0 Å². The molecule has 11 atom stereocenters. The van der Waals surface area contributed by atoms with Gasteiger partial charge < -0.3 is 63.6 Å². The number of benzene rings is 3. The van der Waals surface area contributed by atoms with Crippen LogP contribution in [0.2, 0.25) is 0 Å². The summed E-state index contributed by atoms with van der Waals surface area (Å²) in [6, 6.07) is 13.2. The molecule has 0 unspecified atom stereocenters. The van der Waals surface area contributed by atoms with Crippen LogP contribution in [0.15, 0.2) is 84.9 Å². The van der Waals surface area contributed by atoms with Crippen molar-refractivity contribution in [3.63, 3.8) is 0 Å². The van der Waals surface area contributed by atoms with Crippen LogP contribution in [0, 0.1) is 5.92 Å². The van der Waals surface area contributed by atoms with Crippen LogP contribution in [-0.4, -0.2) is 164 Å². The van der Waals surface area contributed by atoms with E-state index in [-0.39, 0.29) is 65.6 Å². The molecule has 5 rings (SSSR count). The molecule has 2 aliphatic rings. The number of fused-ring (bicyclic) bond motifs is 1. The zero-order chi connectivity index (χ0) is 62.6. The lowest BCUT2D eigenvalue weighted by Gasteiger charge is -2.35. The minimum absolute atomic E-state index is 0.0996. The van der Waals surface area contributed by atoms with E-state index in [1.54, 1.807) is 74.5 Å². The molecule has 14 N–H and O–H groups in total. The molecule has 2 saturated heterocycles. The highest BCUT2D eigenvalue weighted by atomic mass is 32.2. The lowest BCUT2D eigenvalue weighted by molar-refractivity contribution is -0.142. The Morgan fingerprint density at radius 1 is 0.624 bits per heavy atom. The maximum Gasteiger partial charge on any atom is 0.326 e. The molecule has 3 aromatic carbocycles. The van der Waals surface area contributed by atoms with Gasteiger partial charge in [0.1, 0.15) is 42.0 Å². The molecular weight excluding hydrogens is 1120 g/mol. The van der Waals surface area contributed by atoms with E-state index in [2.05, 4.69) is 54.8 Å². The van der Waals surface area contributed by atoms with Crippen molar-refractivity contribution in [3.05, 3.63) is 107 Å². The van der Waals surface area contributed by atoms with Crippen LogP contribution in [0.1, 0.15) is 120 Å². The third-order valence-electron chi connectivity index (χ3n) is 15.3. The Morgan fingerprint density at radius 3 is 1.76 bits per heavy atom. The zero-order valence-electron chi connectivity index (χ0n) is 48.9. The van der Waals surface area contributed by atoms with E-state index in [0.29, 0.717) is 54.5 Å². The number of rotatable bonds is 35. The summed E-state index contributed by atoms with van der Waals surface area (Å²) in [5, 5.41) is 55.8. The number of hydrogen-bond acceptors (Lipinski definition) is 15. The fourth-order valence-electron chi connectivity index (χ4n) is 10.1. The summed E-state index contributed by atoms with van der Waals surface area (Å²) in [6.07, 6.45) is -0.521. The molecule has 0 saturated carbocycles. The quantitative estimate of drug-likeness (QED) is 0.0220. The van der Waals surface area contributed by atoms with E-state index < -0.39 is 102 Å². The summed E-state index contributed by atoms with van der Waals surface area (Å²) >= 11 is 1.82. The molecule has 2 heterocycles. The Kier molecular flexibility index (Phi) is 25.6. The predicted molar refractivity (Wildman–Crippen MR) is 316 cm³/mol. The molecule has 0 spiro atoms. The minimum Gasteiger partial charge on any atom is -0.480 e. The highest BCUT2D eigenvalue weighted by molar-refractivity contribution is 8.00. The Labute approximate surface area is 498 Å². The van der Waals surface area contributed by atoms with Gasteiger partial charge in [-0.15, -0.1) is 0 Å². The van der Waals surface area contributed by atoms with Crippen molar-refractivity contribution in [2.45, 2.75) is 171 Å². The first-order valence-electron chi connectivity index (χ1n) is 28.6. The highest BCUT2D eigenvalue weighted by Gasteiger charge is 2.60. The van der Waals surface area contributed by atoms with Crippen molar-refractivity contribution in [2.24, 2.45) is 11.7 Å². The number of carbonyl (C=O) groups is 11. The van der Waals surface area contributed by atoms with E-state index in [1.807, 2.05) is 18.7 Å². The average molecular weight is 1200 g/mol. The molecule has 0 aliphatic carbocycles. The van der Waals surface area contributed by atoms with Crippen molar-refractivity contribution < 1.29 is 68.1 Å². The van der Waals surface area contributed by atoms with Crippen LogP contribution in [0.5, 0.6) is 0 Å². The number of urea groups is 1. The largest absolute Gasteiger partial charge is 0.480 e. The summed E-state index contributed by atoms with van der Waals surface area (Å²) in [5.74, 6) is -8.10. The number of carboxylic acid groups (broad SMARTS) is 1. The van der Waals surface area contributed by atoms with Gasteiger partial charge in [-0.3, -0.25) is 48.5 Å². The fraction of sp³-hybridized carbons (Fsp3) is 0.517. The Balaban J connectivity index is 1.18. The second-order valence-electron chi connectivity index (χ2n) is 22.5. The van der Waals surface area contributed by atoms with Crippen LogP contribution in [0.4, 0.5) is 4.79 Å². The van der Waals surface area contributed by atoms with Gasteiger partial charge in [0, 0.05) is 54.4 Å². The smallest absolute Gasteiger partial charge is 0.326 e. The number of thioether (sulfide) groups is 1. The number of hydrogen-bond donors (Lipinski definition) is 13. The Hall–Kier alpha value is -7.74. The number of nitrogens with one attached hydrogen (secondary N) is 9. The second-order valence-corrected chi connectivity index (χ2v) is 23.7. The van der Waals surface area contributed by atoms with Crippen LogP contribution < -0.4 is 53.6 Å². The molecule has 85 heavy (non-hydrogen) atoms. The topological polar surface area (TPSA) is 383 Å². The van der Waals surface area contributed by atoms with Gasteiger partial charge in [-0.25, -0.2) is 9.59 Å². The molecule has 2 fully saturated rings. The van der Waals surface area contributed by atoms with Crippen molar-refractivity contribution >= 4 is 76.7 Å². The third-order valence-corrected chi connectivity index (χ3v) is 17.2. The van der Waals surface area contributed by atoms with E-state index in [9.17, 15) is 68.1 Å². The molecule has 0 bridgehead atoms. The number of nitrogens with two attached hydrogens (primary N) is 1. The Bertz CT molecular complexity index is 2840. The molecule has 3 aromatic rings. The molecule has 25 heteroatoms. The summed E-state index contributed by atoms with van der Waals surface area (Å²) in [5.41, 5.74) is 6.44. The van der Waals surface area contributed by atoms with E-state index >= 15 is 0 Å². The fourth-order valence-corrected chi connectivity index (χ4v) is 12.0. The first kappa shape index (κ1) is 68.0. The minimum atomic E-state index is -1.80. The predicted octanol–water partition coefficient (Wildman–Crippen LogP) is 0.824. The van der Waals surface area contributed by atoms with E-state index in [4.69, 9.17) is 5.73 Å². The van der Waals surface area contributed by atoms with Crippen LogP contribution in [0.3, 0.4) is 0 Å². The van der Waals surface area contributed by atoms with Crippen LogP contribution >= 0.6 is 11.8 Å². The number of ketones is 2. The van der Waals surface area contributed by atoms with Gasteiger partial charge in [0.05, 0.1) is 36.3 Å². The van der Waals surface area contributed by atoms with Gasteiger partial charge in [0.15, 0.2) is 5.78 Å². The summed E-state index contributed by atoms with van der Waals surface area (Å²) in [7, 11) is 0. The van der Waals surface area contributed by atoms with Gasteiger partial charge in [-0.1, -0.05) is 105 Å². The molecule has 462 valence electrons. The molecule has 2 aliphatic heterocycles. The number of carbonyl (C=O) groups excluding carboxylic acids is 10. The van der Waals surface area contributed by atoms with Gasteiger partial charge in [-0.2, -0.15) is 11.8 Å². The van der Waals surface area contributed by atoms with Crippen LogP contribution in [-0.2, 0) is 56.0 Å². The highest BCUT2D eigenvalue weighted by Crippen LogP contribution is 2.47. The number of unbranched alkanes of at least 4 members (excludes halogenated alkanes) is 2. The molecule has 9 amide bonds. The lowest BCUT2D eigenvalue weighted by atomic mass is 9.79. The van der Waals surface area contributed by atoms with Gasteiger partial charge in [0.2, 0.25) is 41.4 Å². The van der Waals surface area contributed by atoms with Crippen molar-refractivity contribution in [2.75, 3.05) is 18.8 Å². The van der Waals surface area contributed by atoms with Crippen molar-refractivity contribution in [3.8, 4) is 0 Å². The monoisotopic (exact) mass is 1200 g/mol. The maximum absolute atomic E-state index is 14.3. The zero-order valence-corrected chi connectivity index (χ0v) is 49.7. The first-order valence-corrected chi connectivity index (χ1v) is 29.6. The number of primary amides is 1. The first-order chi connectivity index (χ1) is 40.2. The van der Waals surface area contributed by atoms with Crippen molar-refractivity contribution in [1.82, 2.24) is 47.9 Å². The standard InChI is InChI=1S/C60H82N10O14S/c1-34(2)48(67-55(80)49(35(3)71)63-32-41(73)21-15-16-28-62-47(75)23-14-13-22-45-60(6)59(5,33-85-45)69-58(84)70-60)54(79)68-50(36(4)72)56(81)65-42(29-38-24-26-40(27-25-38)51(76)39-19-11-8-12-20-39)52(77)64-43(31-46(61)74)53(78)66-44(57(82)83)30-37-17-9-7-10-18-37/h7-12,17-20,24-27,34-36,42-45,48-50,63,71-72H,13-16,21-23,28-33H2,1-6H3,(H2,61,74)(H,62,75)(H,64,77)(H,65,81)(H,66,78)(H,67,80)(H,68,79)(H,82,83)(H2,69,70,84)/t35-,36-,42+,43+,44+,45+,48+,49+,50+,59+,60-/m1/s1. The van der Waals surface area contributed by atoms with E-state index in [1.165, 1.54) is 38.1 Å². The SMILES string of the molecule is CC(C)[C@H](NC(=O)[C@@H](NCC(=O)CCCCNC(=O)CCCC[C@@H]1SC[C@]2(C)NC(=O)N[C@]12C)[C@@H](C)O)C(=O)N[C@H](C(=O)N[C@@H](Cc1ccc(C(=O)c2ccccc2)cc1)C(=O)N[C@@H](CC(N)=O)C(=O)N[C@@H](Cc1ccccc1)C(=O)O)[C@@H](C)O. The molecular formula is C60H82N10O14S. The molecule has 0 aromatic heterocycles. The van der Waals surface area contributed by atoms with E-state index in [0.717, 1.165) is 18.6 Å². The molecule has 24 nitrogen and oxygen atoms in total. The average Bonchev–Trinajstić information content (AvgIpc) is 1.78. The van der Waals surface area contributed by atoms with Gasteiger partial charge >= 0.3 is 12.0 Å². The second kappa shape index (κ2) is 32.0. The normalized spacial score (nSPS) is 19.8. The summed E-state index contributed by atoms with van der Waals surface area (Å²) in [6.45, 7) is 9.81. The molecule has 0 radical (unpaired) electrons. The number of aliphatic hydroxyl groups is 2. The van der Waals surface area contributed by atoms with Crippen molar-refractivity contribution in [1.29, 1.82) is 0 Å². The number of amides is 9. The summed E-state index contributed by atoms with van der Waals surface area (Å²) in [4.78, 5) is 145. The van der Waals surface area contributed by atoms with Gasteiger partial charge in [-0.05, 0) is 70.4 Å². The summed E-state index contributed by atoms with van der Waals surface area (Å²) < 4.78 is 0. The van der Waals surface area contributed by atoms with Crippen LogP contribution in [0.25, 0.3) is 0 Å². The Morgan fingerprint density at radius 2 is 1.15 bits per heavy atom. The number of aliphatic carboxylic acids is 1. The number of carboxylic acids is 1. The lowest BCUT2D eigenvalue weighted by Crippen LogP contribution is -2.63. The number of aliphatic hydroxyl groups excluding tert-OH is 2. The maximum atomic E-state index is 14.3.